The summed E-state index contributed by atoms with van der Waals surface area (Å²) in [6, 6.07) is 22.5. The fraction of sp³-hybridized carbons (Fsp3) is 0.394. The van der Waals surface area contributed by atoms with Gasteiger partial charge in [-0.3, -0.25) is 14.5 Å². The Balaban J connectivity index is 1.46. The Morgan fingerprint density at radius 2 is 1.66 bits per heavy atom. The van der Waals surface area contributed by atoms with E-state index in [0.717, 1.165) is 29.5 Å². The van der Waals surface area contributed by atoms with Gasteiger partial charge in [0.25, 0.3) is 0 Å². The molecule has 2 aliphatic heterocycles. The van der Waals surface area contributed by atoms with Crippen molar-refractivity contribution < 1.29 is 28.9 Å². The van der Waals surface area contributed by atoms with E-state index in [9.17, 15) is 14.7 Å². The van der Waals surface area contributed by atoms with E-state index < -0.39 is 17.9 Å². The van der Waals surface area contributed by atoms with Gasteiger partial charge >= 0.3 is 5.97 Å². The van der Waals surface area contributed by atoms with E-state index in [-0.39, 0.29) is 37.1 Å². The summed E-state index contributed by atoms with van der Waals surface area (Å²) in [6.07, 6.45) is 1.86. The maximum atomic E-state index is 13.7. The number of hydrogen-bond acceptors (Lipinski definition) is 6. The molecule has 8 heteroatoms. The molecule has 0 spiro atoms. The van der Waals surface area contributed by atoms with Crippen molar-refractivity contribution in [2.24, 2.45) is 11.8 Å². The highest BCUT2D eigenvalue weighted by atomic mass is 16.7. The highest BCUT2D eigenvalue weighted by Crippen LogP contribution is 2.47. The number of fused-ring (bicyclic) bond motifs is 1. The molecular formula is C33H38N2O6. The monoisotopic (exact) mass is 558 g/mol. The minimum Gasteiger partial charge on any atom is -0.497 e. The minimum atomic E-state index is -0.907. The van der Waals surface area contributed by atoms with Crippen molar-refractivity contribution in [3.8, 4) is 17.2 Å². The lowest BCUT2D eigenvalue weighted by Gasteiger charge is -2.30. The first-order valence-corrected chi connectivity index (χ1v) is 14.3. The van der Waals surface area contributed by atoms with Crippen LogP contribution in [0.5, 0.6) is 17.2 Å². The molecule has 1 saturated heterocycles. The maximum absolute atomic E-state index is 13.7. The molecule has 2 aliphatic rings. The summed E-state index contributed by atoms with van der Waals surface area (Å²) in [5, 5.41) is 13.8. The zero-order valence-electron chi connectivity index (χ0n) is 23.8. The zero-order chi connectivity index (χ0) is 28.9. The van der Waals surface area contributed by atoms with Gasteiger partial charge in [0, 0.05) is 18.5 Å². The molecule has 0 saturated carbocycles. The van der Waals surface area contributed by atoms with Crippen LogP contribution in [0, 0.1) is 11.8 Å². The summed E-state index contributed by atoms with van der Waals surface area (Å²) in [7, 11) is 1.60. The Hall–Kier alpha value is -4.04. The van der Waals surface area contributed by atoms with Crippen LogP contribution in [-0.2, 0) is 9.59 Å². The maximum Gasteiger partial charge on any atom is 0.309 e. The fourth-order valence-electron chi connectivity index (χ4n) is 6.37. The highest BCUT2D eigenvalue weighted by molar-refractivity contribution is 5.79. The molecule has 4 atom stereocenters. The molecule has 5 rings (SSSR count). The predicted octanol–water partition coefficient (Wildman–Crippen LogP) is 5.56. The molecule has 3 aromatic rings. The standard InChI is InChI=1S/C33H38N2O6/c1-4-21(5-2)31(22-9-7-6-8-10-22)34-29(36)19-35-18-26(24-13-16-27-28(17-24)41-20-40-27)30(33(37)38)32(35)23-11-14-25(39-3)15-12-23/h6-17,21,26,30-32H,4-5,18-20H2,1-3H3,(H,34,36)(H,37,38)/t26-,30-,31?,32+/m1/s1. The Labute approximate surface area is 241 Å². The molecule has 41 heavy (non-hydrogen) atoms. The lowest BCUT2D eigenvalue weighted by atomic mass is 9.82. The Kier molecular flexibility index (Phi) is 8.78. The third kappa shape index (κ3) is 6.03. The van der Waals surface area contributed by atoms with E-state index >= 15 is 0 Å². The number of likely N-dealkylation sites (tertiary alicyclic amines) is 1. The zero-order valence-corrected chi connectivity index (χ0v) is 23.8. The van der Waals surface area contributed by atoms with Gasteiger partial charge in [0.2, 0.25) is 12.7 Å². The van der Waals surface area contributed by atoms with E-state index in [1.165, 1.54) is 0 Å². The number of rotatable bonds is 11. The van der Waals surface area contributed by atoms with E-state index in [1.807, 2.05) is 65.6 Å². The molecule has 216 valence electrons. The number of amides is 1. The number of methoxy groups -OCH3 is 1. The van der Waals surface area contributed by atoms with Crippen molar-refractivity contribution in [3.05, 3.63) is 89.5 Å². The van der Waals surface area contributed by atoms with Gasteiger partial charge in [-0.25, -0.2) is 0 Å². The summed E-state index contributed by atoms with van der Waals surface area (Å²) in [5.41, 5.74) is 2.75. The van der Waals surface area contributed by atoms with E-state index in [1.54, 1.807) is 7.11 Å². The second-order valence-corrected chi connectivity index (χ2v) is 10.8. The van der Waals surface area contributed by atoms with Gasteiger partial charge in [0.1, 0.15) is 5.75 Å². The topological polar surface area (TPSA) is 97.3 Å². The van der Waals surface area contributed by atoms with Gasteiger partial charge in [0.05, 0.1) is 25.6 Å². The van der Waals surface area contributed by atoms with Crippen molar-refractivity contribution in [1.82, 2.24) is 10.2 Å². The molecule has 1 unspecified atom stereocenters. The SMILES string of the molecule is CCC(CC)C(NC(=O)CN1C[C@H](c2ccc3c(c2)OCO3)[C@@H](C(=O)O)[C@@H]1c1ccc(OC)cc1)c1ccccc1. The summed E-state index contributed by atoms with van der Waals surface area (Å²) in [6.45, 7) is 4.91. The van der Waals surface area contributed by atoms with Crippen LogP contribution in [0.25, 0.3) is 0 Å². The van der Waals surface area contributed by atoms with E-state index in [4.69, 9.17) is 14.2 Å². The lowest BCUT2D eigenvalue weighted by Crippen LogP contribution is -2.41. The molecule has 0 aliphatic carbocycles. The number of carbonyl (C=O) groups is 2. The Bertz CT molecular complexity index is 1340. The van der Waals surface area contributed by atoms with Crippen molar-refractivity contribution in [3.63, 3.8) is 0 Å². The van der Waals surface area contributed by atoms with Crippen LogP contribution >= 0.6 is 0 Å². The van der Waals surface area contributed by atoms with E-state index in [0.29, 0.717) is 23.8 Å². The molecule has 2 N–H and O–H groups in total. The van der Waals surface area contributed by atoms with Gasteiger partial charge in [-0.2, -0.15) is 0 Å². The van der Waals surface area contributed by atoms with E-state index in [2.05, 4.69) is 31.3 Å². The molecule has 0 aromatic heterocycles. The number of carboxylic acid groups (broad SMARTS) is 1. The predicted molar refractivity (Wildman–Crippen MR) is 155 cm³/mol. The first-order chi connectivity index (χ1) is 19.9. The number of hydrogen-bond donors (Lipinski definition) is 2. The van der Waals surface area contributed by atoms with Gasteiger partial charge in [0.15, 0.2) is 11.5 Å². The third-order valence-corrected chi connectivity index (χ3v) is 8.51. The summed E-state index contributed by atoms with van der Waals surface area (Å²) < 4.78 is 16.4. The molecule has 1 fully saturated rings. The quantitative estimate of drug-likeness (QED) is 0.318. The van der Waals surface area contributed by atoms with Crippen LogP contribution in [-0.4, -0.2) is 48.9 Å². The number of aliphatic carboxylic acids is 1. The molecule has 0 bridgehead atoms. The van der Waals surface area contributed by atoms with Gasteiger partial charge < -0.3 is 24.6 Å². The molecule has 8 nitrogen and oxygen atoms in total. The fourth-order valence-corrected chi connectivity index (χ4v) is 6.37. The van der Waals surface area contributed by atoms with Crippen LogP contribution < -0.4 is 19.5 Å². The average molecular weight is 559 g/mol. The van der Waals surface area contributed by atoms with Gasteiger partial charge in [-0.15, -0.1) is 0 Å². The van der Waals surface area contributed by atoms with Crippen LogP contribution in [0.15, 0.2) is 72.8 Å². The second-order valence-electron chi connectivity index (χ2n) is 10.8. The van der Waals surface area contributed by atoms with Crippen LogP contribution in [0.3, 0.4) is 0 Å². The number of carboxylic acids is 1. The number of nitrogens with one attached hydrogen (secondary N) is 1. The Morgan fingerprint density at radius 3 is 2.32 bits per heavy atom. The van der Waals surface area contributed by atoms with Crippen molar-refractivity contribution >= 4 is 11.9 Å². The second kappa shape index (κ2) is 12.6. The lowest BCUT2D eigenvalue weighted by molar-refractivity contribution is -0.143. The smallest absolute Gasteiger partial charge is 0.309 e. The number of benzene rings is 3. The largest absolute Gasteiger partial charge is 0.497 e. The third-order valence-electron chi connectivity index (χ3n) is 8.51. The van der Waals surface area contributed by atoms with Crippen LogP contribution in [0.4, 0.5) is 0 Å². The van der Waals surface area contributed by atoms with Crippen molar-refractivity contribution in [2.75, 3.05) is 27.0 Å². The molecule has 1 amide bonds. The number of ether oxygens (including phenoxy) is 3. The molecule has 3 aromatic carbocycles. The minimum absolute atomic E-state index is 0.0744. The molecular weight excluding hydrogens is 520 g/mol. The first-order valence-electron chi connectivity index (χ1n) is 14.3. The van der Waals surface area contributed by atoms with Gasteiger partial charge in [-0.1, -0.05) is 75.2 Å². The van der Waals surface area contributed by atoms with Crippen molar-refractivity contribution in [1.29, 1.82) is 0 Å². The number of nitrogens with zero attached hydrogens (tertiary/aromatic N) is 1. The van der Waals surface area contributed by atoms with Crippen LogP contribution in [0.2, 0.25) is 0 Å². The summed E-state index contributed by atoms with van der Waals surface area (Å²) in [4.78, 5) is 28.6. The Morgan fingerprint density at radius 1 is 0.976 bits per heavy atom. The average Bonchev–Trinajstić information content (AvgIpc) is 3.62. The highest BCUT2D eigenvalue weighted by Gasteiger charge is 2.48. The molecule has 2 heterocycles. The summed E-state index contributed by atoms with van der Waals surface area (Å²) >= 11 is 0. The first kappa shape index (κ1) is 28.5. The van der Waals surface area contributed by atoms with Crippen molar-refractivity contribution in [2.45, 2.75) is 44.7 Å². The normalized spacial score (nSPS) is 20.6. The van der Waals surface area contributed by atoms with Crippen LogP contribution in [0.1, 0.15) is 61.4 Å². The number of carbonyl (C=O) groups excluding carboxylic acids is 1. The van der Waals surface area contributed by atoms with Gasteiger partial charge in [-0.05, 0) is 46.9 Å². The summed E-state index contributed by atoms with van der Waals surface area (Å²) in [5.74, 6) is 0.0629. The molecule has 0 radical (unpaired) electrons.